The van der Waals surface area contributed by atoms with Crippen LogP contribution in [-0.4, -0.2) is 24.5 Å². The molecule has 0 saturated heterocycles. The SMILES string of the molecule is CCOC(=O)[C@@H]1CC=C[C@@H]1NC(=O)c1ccccc1. The second kappa shape index (κ2) is 6.18. The van der Waals surface area contributed by atoms with Gasteiger partial charge in [0.15, 0.2) is 0 Å². The number of benzene rings is 1. The van der Waals surface area contributed by atoms with Crippen LogP contribution in [0.3, 0.4) is 0 Å². The van der Waals surface area contributed by atoms with Crippen LogP contribution in [0.15, 0.2) is 42.5 Å². The summed E-state index contributed by atoms with van der Waals surface area (Å²) in [4.78, 5) is 23.8. The molecule has 4 nitrogen and oxygen atoms in total. The fraction of sp³-hybridized carbons (Fsp3) is 0.333. The fourth-order valence-electron chi connectivity index (χ4n) is 2.12. The van der Waals surface area contributed by atoms with Crippen molar-refractivity contribution in [2.24, 2.45) is 5.92 Å². The van der Waals surface area contributed by atoms with Crippen molar-refractivity contribution in [2.75, 3.05) is 6.61 Å². The van der Waals surface area contributed by atoms with Crippen LogP contribution in [0.5, 0.6) is 0 Å². The summed E-state index contributed by atoms with van der Waals surface area (Å²) < 4.78 is 5.01. The molecule has 1 N–H and O–H groups in total. The molecule has 1 aliphatic carbocycles. The summed E-state index contributed by atoms with van der Waals surface area (Å²) in [6, 6.07) is 8.67. The topological polar surface area (TPSA) is 55.4 Å². The Hall–Kier alpha value is -2.10. The van der Waals surface area contributed by atoms with Crippen molar-refractivity contribution in [1.82, 2.24) is 5.32 Å². The number of esters is 1. The van der Waals surface area contributed by atoms with Crippen molar-refractivity contribution < 1.29 is 14.3 Å². The summed E-state index contributed by atoms with van der Waals surface area (Å²) in [6.45, 7) is 2.13. The molecular formula is C15H17NO3. The zero-order chi connectivity index (χ0) is 13.7. The molecule has 100 valence electrons. The smallest absolute Gasteiger partial charge is 0.311 e. The Kier molecular flexibility index (Phi) is 4.34. The van der Waals surface area contributed by atoms with E-state index in [9.17, 15) is 9.59 Å². The number of allylic oxidation sites excluding steroid dienone is 1. The summed E-state index contributed by atoms with van der Waals surface area (Å²) >= 11 is 0. The van der Waals surface area contributed by atoms with Gasteiger partial charge in [-0.15, -0.1) is 0 Å². The van der Waals surface area contributed by atoms with E-state index in [1.165, 1.54) is 0 Å². The fourth-order valence-corrected chi connectivity index (χ4v) is 2.12. The first kappa shape index (κ1) is 13.3. The summed E-state index contributed by atoms with van der Waals surface area (Å²) in [5.41, 5.74) is 0.588. The normalized spacial score (nSPS) is 21.1. The zero-order valence-corrected chi connectivity index (χ0v) is 10.8. The van der Waals surface area contributed by atoms with Gasteiger partial charge in [0.1, 0.15) is 0 Å². The van der Waals surface area contributed by atoms with Crippen molar-refractivity contribution >= 4 is 11.9 Å². The van der Waals surface area contributed by atoms with Gasteiger partial charge in [-0.1, -0.05) is 30.4 Å². The molecule has 0 unspecified atom stereocenters. The average molecular weight is 259 g/mol. The average Bonchev–Trinajstić information content (AvgIpc) is 2.88. The number of nitrogens with one attached hydrogen (secondary N) is 1. The highest BCUT2D eigenvalue weighted by Gasteiger charge is 2.31. The maximum atomic E-state index is 12.0. The molecule has 0 fully saturated rings. The molecule has 2 rings (SSSR count). The van der Waals surface area contributed by atoms with E-state index in [4.69, 9.17) is 4.74 Å². The molecule has 0 heterocycles. The van der Waals surface area contributed by atoms with E-state index in [1.54, 1.807) is 19.1 Å². The molecule has 0 bridgehead atoms. The molecule has 1 aromatic rings. The predicted molar refractivity (Wildman–Crippen MR) is 71.6 cm³/mol. The van der Waals surface area contributed by atoms with Gasteiger partial charge in [0, 0.05) is 5.56 Å². The number of amides is 1. The summed E-state index contributed by atoms with van der Waals surface area (Å²) in [5.74, 6) is -0.745. The van der Waals surface area contributed by atoms with Gasteiger partial charge in [-0.3, -0.25) is 9.59 Å². The van der Waals surface area contributed by atoms with Crippen molar-refractivity contribution in [1.29, 1.82) is 0 Å². The minimum atomic E-state index is -0.312. The summed E-state index contributed by atoms with van der Waals surface area (Å²) in [7, 11) is 0. The molecule has 4 heteroatoms. The van der Waals surface area contributed by atoms with Gasteiger partial charge in [0.2, 0.25) is 0 Å². The molecule has 2 atom stereocenters. The van der Waals surface area contributed by atoms with Crippen molar-refractivity contribution in [3.05, 3.63) is 48.0 Å². The molecule has 1 amide bonds. The highest BCUT2D eigenvalue weighted by atomic mass is 16.5. The predicted octanol–water partition coefficient (Wildman–Crippen LogP) is 1.92. The van der Waals surface area contributed by atoms with Gasteiger partial charge in [0.25, 0.3) is 5.91 Å². The highest BCUT2D eigenvalue weighted by Crippen LogP contribution is 2.20. The van der Waals surface area contributed by atoms with E-state index < -0.39 is 0 Å². The largest absolute Gasteiger partial charge is 0.466 e. The number of hydrogen-bond donors (Lipinski definition) is 1. The monoisotopic (exact) mass is 259 g/mol. The van der Waals surface area contributed by atoms with Gasteiger partial charge in [0.05, 0.1) is 18.6 Å². The molecule has 0 spiro atoms. The summed E-state index contributed by atoms with van der Waals surface area (Å²) in [6.07, 6.45) is 4.36. The molecule has 0 saturated carbocycles. The van der Waals surface area contributed by atoms with Crippen LogP contribution in [0, 0.1) is 5.92 Å². The minimum absolute atomic E-state index is 0.175. The zero-order valence-electron chi connectivity index (χ0n) is 10.8. The summed E-state index contributed by atoms with van der Waals surface area (Å²) in [5, 5.41) is 2.86. The second-order valence-corrected chi connectivity index (χ2v) is 4.39. The first-order valence-electron chi connectivity index (χ1n) is 6.41. The Morgan fingerprint density at radius 1 is 1.32 bits per heavy atom. The first-order valence-corrected chi connectivity index (χ1v) is 6.41. The molecule has 0 radical (unpaired) electrons. The number of ether oxygens (including phenoxy) is 1. The Bertz CT molecular complexity index is 481. The minimum Gasteiger partial charge on any atom is -0.466 e. The third kappa shape index (κ3) is 3.22. The Morgan fingerprint density at radius 2 is 2.05 bits per heavy atom. The van der Waals surface area contributed by atoms with Crippen LogP contribution in [0.1, 0.15) is 23.7 Å². The van der Waals surface area contributed by atoms with Gasteiger partial charge >= 0.3 is 5.97 Å². The van der Waals surface area contributed by atoms with E-state index in [1.807, 2.05) is 30.4 Å². The standard InChI is InChI=1S/C15H17NO3/c1-2-19-15(18)12-9-6-10-13(12)16-14(17)11-7-4-3-5-8-11/h3-8,10,12-13H,2,9H2,1H3,(H,16,17)/t12-,13+/m1/s1. The van der Waals surface area contributed by atoms with Gasteiger partial charge in [-0.05, 0) is 25.5 Å². The van der Waals surface area contributed by atoms with Gasteiger partial charge < -0.3 is 10.1 Å². The number of rotatable bonds is 4. The molecular weight excluding hydrogens is 242 g/mol. The van der Waals surface area contributed by atoms with Crippen LogP contribution in [-0.2, 0) is 9.53 Å². The van der Waals surface area contributed by atoms with Crippen molar-refractivity contribution in [2.45, 2.75) is 19.4 Å². The van der Waals surface area contributed by atoms with Crippen molar-refractivity contribution in [3.63, 3.8) is 0 Å². The lowest BCUT2D eigenvalue weighted by atomic mass is 10.0. The maximum Gasteiger partial charge on any atom is 0.311 e. The second-order valence-electron chi connectivity index (χ2n) is 4.39. The Morgan fingerprint density at radius 3 is 2.74 bits per heavy atom. The lowest BCUT2D eigenvalue weighted by Crippen LogP contribution is -2.40. The molecule has 1 aromatic carbocycles. The van der Waals surface area contributed by atoms with Crippen molar-refractivity contribution in [3.8, 4) is 0 Å². The molecule has 0 aliphatic heterocycles. The van der Waals surface area contributed by atoms with E-state index in [-0.39, 0.29) is 23.8 Å². The van der Waals surface area contributed by atoms with Crippen LogP contribution in [0.4, 0.5) is 0 Å². The molecule has 0 aromatic heterocycles. The Balaban J connectivity index is 2.00. The number of hydrogen-bond acceptors (Lipinski definition) is 3. The Labute approximate surface area is 112 Å². The van der Waals surface area contributed by atoms with Crippen LogP contribution < -0.4 is 5.32 Å². The maximum absolute atomic E-state index is 12.0. The van der Waals surface area contributed by atoms with Crippen LogP contribution >= 0.6 is 0 Å². The van der Waals surface area contributed by atoms with Gasteiger partial charge in [-0.25, -0.2) is 0 Å². The lowest BCUT2D eigenvalue weighted by molar-refractivity contribution is -0.148. The van der Waals surface area contributed by atoms with Crippen LogP contribution in [0.2, 0.25) is 0 Å². The van der Waals surface area contributed by atoms with E-state index in [0.29, 0.717) is 18.6 Å². The number of carbonyl (C=O) groups is 2. The van der Waals surface area contributed by atoms with Crippen LogP contribution in [0.25, 0.3) is 0 Å². The lowest BCUT2D eigenvalue weighted by Gasteiger charge is -2.19. The first-order chi connectivity index (χ1) is 9.22. The quantitative estimate of drug-likeness (QED) is 0.664. The number of carbonyl (C=O) groups excluding carboxylic acids is 2. The van der Waals surface area contributed by atoms with E-state index in [0.717, 1.165) is 0 Å². The molecule has 1 aliphatic rings. The van der Waals surface area contributed by atoms with E-state index >= 15 is 0 Å². The van der Waals surface area contributed by atoms with Gasteiger partial charge in [-0.2, -0.15) is 0 Å². The molecule has 19 heavy (non-hydrogen) atoms. The van der Waals surface area contributed by atoms with E-state index in [2.05, 4.69) is 5.32 Å². The highest BCUT2D eigenvalue weighted by molar-refractivity contribution is 5.94. The third-order valence-corrected chi connectivity index (χ3v) is 3.09. The third-order valence-electron chi connectivity index (χ3n) is 3.09.